The van der Waals surface area contributed by atoms with Crippen LogP contribution in [0.3, 0.4) is 0 Å². The van der Waals surface area contributed by atoms with Crippen molar-refractivity contribution in [2.45, 2.75) is 26.4 Å². The lowest BCUT2D eigenvalue weighted by molar-refractivity contribution is 0.146. The zero-order valence-electron chi connectivity index (χ0n) is 6.60. The maximum absolute atomic E-state index is 10.3. The Kier molecular flexibility index (Phi) is 4.61. The zero-order chi connectivity index (χ0) is 8.91. The normalized spacial score (nSPS) is 15.6. The van der Waals surface area contributed by atoms with Crippen molar-refractivity contribution in [2.24, 2.45) is 0 Å². The lowest BCUT2D eigenvalue weighted by Crippen LogP contribution is -2.04. The van der Waals surface area contributed by atoms with E-state index in [1.807, 2.05) is 6.92 Å². The van der Waals surface area contributed by atoms with Crippen molar-refractivity contribution < 1.29 is 18.9 Å². The van der Waals surface area contributed by atoms with Crippen molar-refractivity contribution in [3.05, 3.63) is 12.2 Å². The van der Waals surface area contributed by atoms with E-state index in [1.165, 1.54) is 0 Å². The van der Waals surface area contributed by atoms with Gasteiger partial charge in [0.1, 0.15) is 0 Å². The van der Waals surface area contributed by atoms with Crippen LogP contribution < -0.4 is 0 Å². The summed E-state index contributed by atoms with van der Waals surface area (Å²) in [6, 6.07) is 0. The number of phosphoric ester groups is 1. The van der Waals surface area contributed by atoms with E-state index in [-0.39, 0.29) is 0 Å². The standard InChI is InChI=1S/C6H13O4P/c1-3-4-5-6(2)10-11(7,8)9/h3-4,6H,5H2,1-2H3,(H2,7,8,9). The lowest BCUT2D eigenvalue weighted by Gasteiger charge is -2.10. The minimum Gasteiger partial charge on any atom is -0.303 e. The Morgan fingerprint density at radius 1 is 1.64 bits per heavy atom. The fraction of sp³-hybridized carbons (Fsp3) is 0.667. The first-order chi connectivity index (χ1) is 4.95. The van der Waals surface area contributed by atoms with Crippen LogP contribution in [-0.2, 0) is 9.09 Å². The molecule has 1 atom stereocenters. The molecule has 0 saturated heterocycles. The quantitative estimate of drug-likeness (QED) is 0.507. The smallest absolute Gasteiger partial charge is 0.303 e. The molecule has 0 saturated carbocycles. The second-order valence-electron chi connectivity index (χ2n) is 2.21. The van der Waals surface area contributed by atoms with Crippen LogP contribution >= 0.6 is 7.82 Å². The van der Waals surface area contributed by atoms with Crippen LogP contribution in [0.15, 0.2) is 12.2 Å². The molecule has 11 heavy (non-hydrogen) atoms. The SMILES string of the molecule is CC=CCC(C)OP(=O)(O)O. The van der Waals surface area contributed by atoms with E-state index in [1.54, 1.807) is 19.1 Å². The molecule has 5 heteroatoms. The molecule has 2 N–H and O–H groups in total. The molecule has 0 rings (SSSR count). The molecule has 66 valence electrons. The first kappa shape index (κ1) is 10.8. The summed E-state index contributed by atoms with van der Waals surface area (Å²) in [6.07, 6.45) is 3.67. The predicted molar refractivity (Wildman–Crippen MR) is 42.0 cm³/mol. The van der Waals surface area contributed by atoms with E-state index < -0.39 is 13.9 Å². The highest BCUT2D eigenvalue weighted by molar-refractivity contribution is 7.46. The van der Waals surface area contributed by atoms with Gasteiger partial charge in [-0.3, -0.25) is 4.52 Å². The summed E-state index contributed by atoms with van der Waals surface area (Å²) in [6.45, 7) is 3.45. The fourth-order valence-electron chi connectivity index (χ4n) is 0.605. The summed E-state index contributed by atoms with van der Waals surface area (Å²) in [5.74, 6) is 0. The van der Waals surface area contributed by atoms with Gasteiger partial charge in [0.15, 0.2) is 0 Å². The molecule has 0 aliphatic heterocycles. The van der Waals surface area contributed by atoms with Gasteiger partial charge in [-0.15, -0.1) is 0 Å². The Bertz CT molecular complexity index is 171. The van der Waals surface area contributed by atoms with Gasteiger partial charge in [-0.2, -0.15) is 0 Å². The van der Waals surface area contributed by atoms with Gasteiger partial charge in [0.05, 0.1) is 6.10 Å². The molecule has 0 aliphatic carbocycles. The second-order valence-corrected chi connectivity index (χ2v) is 3.40. The third-order valence-corrected chi connectivity index (χ3v) is 1.66. The van der Waals surface area contributed by atoms with Crippen molar-refractivity contribution in [1.82, 2.24) is 0 Å². The van der Waals surface area contributed by atoms with Gasteiger partial charge in [-0.25, -0.2) is 4.57 Å². The molecule has 4 nitrogen and oxygen atoms in total. The number of hydrogen-bond donors (Lipinski definition) is 2. The predicted octanol–water partition coefficient (Wildman–Crippen LogP) is 1.45. The monoisotopic (exact) mass is 180 g/mol. The van der Waals surface area contributed by atoms with Crippen molar-refractivity contribution in [3.63, 3.8) is 0 Å². The maximum atomic E-state index is 10.3. The fourth-order valence-corrected chi connectivity index (χ4v) is 1.16. The molecular formula is C6H13O4P. The first-order valence-electron chi connectivity index (χ1n) is 3.31. The zero-order valence-corrected chi connectivity index (χ0v) is 7.49. The molecule has 0 fully saturated rings. The van der Waals surface area contributed by atoms with Crippen LogP contribution in [0.25, 0.3) is 0 Å². The van der Waals surface area contributed by atoms with Gasteiger partial charge in [0, 0.05) is 0 Å². The van der Waals surface area contributed by atoms with Crippen LogP contribution in [0.1, 0.15) is 20.3 Å². The van der Waals surface area contributed by atoms with Gasteiger partial charge in [-0.05, 0) is 20.3 Å². The molecule has 0 bridgehead atoms. The van der Waals surface area contributed by atoms with Crippen LogP contribution in [0.5, 0.6) is 0 Å². The summed E-state index contributed by atoms with van der Waals surface area (Å²) in [7, 11) is -4.30. The van der Waals surface area contributed by atoms with Crippen LogP contribution in [0, 0.1) is 0 Å². The van der Waals surface area contributed by atoms with Crippen LogP contribution in [0.2, 0.25) is 0 Å². The summed E-state index contributed by atoms with van der Waals surface area (Å²) in [5.41, 5.74) is 0. The third kappa shape index (κ3) is 7.75. The largest absolute Gasteiger partial charge is 0.469 e. The molecule has 1 unspecified atom stereocenters. The van der Waals surface area contributed by atoms with E-state index in [0.29, 0.717) is 6.42 Å². The molecule has 0 amide bonds. The number of hydrogen-bond acceptors (Lipinski definition) is 2. The molecule has 0 aromatic carbocycles. The molecular weight excluding hydrogens is 167 g/mol. The summed E-state index contributed by atoms with van der Waals surface area (Å²) < 4.78 is 14.6. The van der Waals surface area contributed by atoms with E-state index in [2.05, 4.69) is 4.52 Å². The van der Waals surface area contributed by atoms with Crippen LogP contribution in [0.4, 0.5) is 0 Å². The summed E-state index contributed by atoms with van der Waals surface area (Å²) in [5, 5.41) is 0. The highest BCUT2D eigenvalue weighted by Crippen LogP contribution is 2.38. The van der Waals surface area contributed by atoms with Crippen molar-refractivity contribution in [3.8, 4) is 0 Å². The van der Waals surface area contributed by atoms with Crippen molar-refractivity contribution in [2.75, 3.05) is 0 Å². The molecule has 0 radical (unpaired) electrons. The topological polar surface area (TPSA) is 66.8 Å². The number of allylic oxidation sites excluding steroid dienone is 1. The number of phosphoric acid groups is 1. The molecule has 0 aromatic rings. The maximum Gasteiger partial charge on any atom is 0.469 e. The lowest BCUT2D eigenvalue weighted by atomic mass is 10.3. The molecule has 0 aromatic heterocycles. The average molecular weight is 180 g/mol. The van der Waals surface area contributed by atoms with E-state index in [4.69, 9.17) is 9.79 Å². The second kappa shape index (κ2) is 4.67. The Balaban J connectivity index is 3.70. The van der Waals surface area contributed by atoms with E-state index >= 15 is 0 Å². The van der Waals surface area contributed by atoms with E-state index in [9.17, 15) is 4.57 Å². The third-order valence-electron chi connectivity index (χ3n) is 1.02. The summed E-state index contributed by atoms with van der Waals surface area (Å²) >= 11 is 0. The minimum absolute atomic E-state index is 0.438. The Morgan fingerprint density at radius 2 is 2.18 bits per heavy atom. The van der Waals surface area contributed by atoms with Gasteiger partial charge in [0.2, 0.25) is 0 Å². The van der Waals surface area contributed by atoms with Gasteiger partial charge in [0.25, 0.3) is 0 Å². The van der Waals surface area contributed by atoms with E-state index in [0.717, 1.165) is 0 Å². The molecule has 0 heterocycles. The van der Waals surface area contributed by atoms with Gasteiger partial charge in [-0.1, -0.05) is 12.2 Å². The highest BCUT2D eigenvalue weighted by atomic mass is 31.2. The Hall–Kier alpha value is -0.150. The highest BCUT2D eigenvalue weighted by Gasteiger charge is 2.17. The summed E-state index contributed by atoms with van der Waals surface area (Å²) in [4.78, 5) is 16.7. The van der Waals surface area contributed by atoms with Gasteiger partial charge >= 0.3 is 7.82 Å². The average Bonchev–Trinajstić information content (AvgIpc) is 1.79. The molecule has 0 aliphatic rings. The molecule has 0 spiro atoms. The number of rotatable bonds is 4. The van der Waals surface area contributed by atoms with Crippen molar-refractivity contribution >= 4 is 7.82 Å². The first-order valence-corrected chi connectivity index (χ1v) is 4.84. The van der Waals surface area contributed by atoms with Gasteiger partial charge < -0.3 is 9.79 Å². The Morgan fingerprint density at radius 3 is 2.55 bits per heavy atom. The van der Waals surface area contributed by atoms with Crippen LogP contribution in [-0.4, -0.2) is 15.9 Å². The van der Waals surface area contributed by atoms with Crippen molar-refractivity contribution in [1.29, 1.82) is 0 Å². The Labute approximate surface area is 66.1 Å². The minimum atomic E-state index is -4.30.